The molecular formula is C14H19N3O2. The first-order chi connectivity index (χ1) is 8.93. The summed E-state index contributed by atoms with van der Waals surface area (Å²) in [5.74, 6) is -0.204. The van der Waals surface area contributed by atoms with Crippen molar-refractivity contribution in [1.29, 1.82) is 0 Å². The number of nitrogens with one attached hydrogen (secondary N) is 2. The number of carbonyl (C=O) groups excluding carboxylic acids is 1. The summed E-state index contributed by atoms with van der Waals surface area (Å²) in [5, 5.41) is 13.4. The van der Waals surface area contributed by atoms with Crippen LogP contribution in [0.4, 0.5) is 5.69 Å². The molecule has 1 heterocycles. The number of anilines is 1. The second-order valence-electron chi connectivity index (χ2n) is 5.04. The van der Waals surface area contributed by atoms with E-state index in [-0.39, 0.29) is 12.5 Å². The van der Waals surface area contributed by atoms with Crippen LogP contribution in [0, 0.1) is 0 Å². The van der Waals surface area contributed by atoms with Gasteiger partial charge in [-0.25, -0.2) is 0 Å². The number of aliphatic hydroxyl groups is 1. The van der Waals surface area contributed by atoms with Gasteiger partial charge in [-0.3, -0.25) is 4.79 Å². The summed E-state index contributed by atoms with van der Waals surface area (Å²) in [6, 6.07) is 5.36. The molecule has 19 heavy (non-hydrogen) atoms. The van der Waals surface area contributed by atoms with Gasteiger partial charge in [0.05, 0.1) is 11.2 Å². The van der Waals surface area contributed by atoms with Crippen LogP contribution in [-0.2, 0) is 0 Å². The van der Waals surface area contributed by atoms with Crippen LogP contribution in [0.3, 0.4) is 0 Å². The Morgan fingerprint density at radius 1 is 1.53 bits per heavy atom. The molecule has 1 amide bonds. The molecule has 0 aliphatic carbocycles. The number of amides is 1. The topological polar surface area (TPSA) is 91.1 Å². The van der Waals surface area contributed by atoms with Crippen LogP contribution in [0.15, 0.2) is 24.4 Å². The number of benzene rings is 1. The van der Waals surface area contributed by atoms with Gasteiger partial charge in [0.25, 0.3) is 5.91 Å². The number of hydrogen-bond donors (Lipinski definition) is 4. The molecular weight excluding hydrogens is 242 g/mol. The molecule has 0 aliphatic rings. The summed E-state index contributed by atoms with van der Waals surface area (Å²) >= 11 is 0. The first-order valence-corrected chi connectivity index (χ1v) is 6.30. The highest BCUT2D eigenvalue weighted by Crippen LogP contribution is 2.20. The lowest BCUT2D eigenvalue weighted by Gasteiger charge is -2.21. The summed E-state index contributed by atoms with van der Waals surface area (Å²) in [6.45, 7) is 3.80. The van der Waals surface area contributed by atoms with Crippen LogP contribution >= 0.6 is 0 Å². The fourth-order valence-electron chi connectivity index (χ4n) is 1.82. The zero-order chi connectivity index (χ0) is 14.0. The number of nitrogen functional groups attached to an aromatic ring is 1. The molecule has 2 rings (SSSR count). The number of aromatic nitrogens is 1. The number of rotatable bonds is 4. The molecule has 102 valence electrons. The van der Waals surface area contributed by atoms with Gasteiger partial charge in [-0.1, -0.05) is 6.92 Å². The number of hydrogen-bond acceptors (Lipinski definition) is 3. The quantitative estimate of drug-likeness (QED) is 0.630. The van der Waals surface area contributed by atoms with E-state index < -0.39 is 5.60 Å². The molecule has 0 bridgehead atoms. The largest absolute Gasteiger partial charge is 0.399 e. The van der Waals surface area contributed by atoms with Crippen molar-refractivity contribution < 1.29 is 9.90 Å². The molecule has 0 spiro atoms. The lowest BCUT2D eigenvalue weighted by Crippen LogP contribution is -2.40. The van der Waals surface area contributed by atoms with Gasteiger partial charge < -0.3 is 21.1 Å². The third-order valence-corrected chi connectivity index (χ3v) is 3.34. The highest BCUT2D eigenvalue weighted by Gasteiger charge is 2.20. The highest BCUT2D eigenvalue weighted by molar-refractivity contribution is 6.07. The average Bonchev–Trinajstić information content (AvgIpc) is 2.79. The molecule has 0 aliphatic heterocycles. The predicted molar refractivity (Wildman–Crippen MR) is 76.0 cm³/mol. The molecule has 0 saturated carbocycles. The Labute approximate surface area is 111 Å². The fourth-order valence-corrected chi connectivity index (χ4v) is 1.82. The minimum absolute atomic E-state index is 0.204. The number of H-pyrrole nitrogens is 1. The summed E-state index contributed by atoms with van der Waals surface area (Å²) in [5.41, 5.74) is 6.84. The van der Waals surface area contributed by atoms with Crippen molar-refractivity contribution in [1.82, 2.24) is 10.3 Å². The number of fused-ring (bicyclic) bond motifs is 1. The van der Waals surface area contributed by atoms with E-state index >= 15 is 0 Å². The number of nitrogens with two attached hydrogens (primary N) is 1. The monoisotopic (exact) mass is 261 g/mol. The average molecular weight is 261 g/mol. The maximum Gasteiger partial charge on any atom is 0.253 e. The summed E-state index contributed by atoms with van der Waals surface area (Å²) in [6.07, 6.45) is 2.23. The van der Waals surface area contributed by atoms with Crippen molar-refractivity contribution in [3.05, 3.63) is 30.0 Å². The van der Waals surface area contributed by atoms with E-state index in [1.165, 1.54) is 0 Å². The molecule has 1 aromatic heterocycles. The molecule has 0 saturated heterocycles. The maximum absolute atomic E-state index is 12.1. The predicted octanol–water partition coefficient (Wildman–Crippen LogP) is 1.64. The SMILES string of the molecule is CCC(C)(O)CNC(=O)c1c[nH]c2cc(N)ccc12. The third kappa shape index (κ3) is 2.88. The third-order valence-electron chi connectivity index (χ3n) is 3.34. The Morgan fingerprint density at radius 3 is 2.95 bits per heavy atom. The highest BCUT2D eigenvalue weighted by atomic mass is 16.3. The zero-order valence-corrected chi connectivity index (χ0v) is 11.2. The van der Waals surface area contributed by atoms with Gasteiger partial charge in [0, 0.05) is 29.3 Å². The van der Waals surface area contributed by atoms with Crippen LogP contribution in [-0.4, -0.2) is 28.1 Å². The zero-order valence-electron chi connectivity index (χ0n) is 11.2. The minimum Gasteiger partial charge on any atom is -0.399 e. The molecule has 0 fully saturated rings. The smallest absolute Gasteiger partial charge is 0.253 e. The normalized spacial score (nSPS) is 14.3. The van der Waals surface area contributed by atoms with Gasteiger partial charge in [-0.05, 0) is 31.5 Å². The van der Waals surface area contributed by atoms with Crippen molar-refractivity contribution in [3.8, 4) is 0 Å². The van der Waals surface area contributed by atoms with Crippen molar-refractivity contribution in [2.75, 3.05) is 12.3 Å². The summed E-state index contributed by atoms with van der Waals surface area (Å²) in [7, 11) is 0. The van der Waals surface area contributed by atoms with Crippen LogP contribution in [0.2, 0.25) is 0 Å². The number of aromatic amines is 1. The van der Waals surface area contributed by atoms with Gasteiger partial charge in [0.15, 0.2) is 0 Å². The van der Waals surface area contributed by atoms with E-state index in [0.717, 1.165) is 10.9 Å². The van der Waals surface area contributed by atoms with Crippen LogP contribution < -0.4 is 11.1 Å². The fraction of sp³-hybridized carbons (Fsp3) is 0.357. The molecule has 1 unspecified atom stereocenters. The van der Waals surface area contributed by atoms with Crippen molar-refractivity contribution >= 4 is 22.5 Å². The van der Waals surface area contributed by atoms with Gasteiger partial charge in [-0.2, -0.15) is 0 Å². The van der Waals surface area contributed by atoms with Gasteiger partial charge in [0.1, 0.15) is 0 Å². The molecule has 1 aromatic carbocycles. The van der Waals surface area contributed by atoms with E-state index in [2.05, 4.69) is 10.3 Å². The molecule has 5 N–H and O–H groups in total. The number of carbonyl (C=O) groups is 1. The maximum atomic E-state index is 12.1. The molecule has 0 radical (unpaired) electrons. The van der Waals surface area contributed by atoms with E-state index in [1.54, 1.807) is 25.3 Å². The van der Waals surface area contributed by atoms with Gasteiger partial charge >= 0.3 is 0 Å². The minimum atomic E-state index is -0.883. The second kappa shape index (κ2) is 4.93. The van der Waals surface area contributed by atoms with E-state index in [1.807, 2.05) is 13.0 Å². The Hall–Kier alpha value is -2.01. The summed E-state index contributed by atoms with van der Waals surface area (Å²) < 4.78 is 0. The second-order valence-corrected chi connectivity index (χ2v) is 5.04. The van der Waals surface area contributed by atoms with Crippen molar-refractivity contribution in [2.45, 2.75) is 25.9 Å². The van der Waals surface area contributed by atoms with Crippen LogP contribution in [0.25, 0.3) is 10.9 Å². The van der Waals surface area contributed by atoms with E-state index in [9.17, 15) is 9.90 Å². The van der Waals surface area contributed by atoms with Crippen molar-refractivity contribution in [2.24, 2.45) is 0 Å². The Balaban J connectivity index is 2.18. The van der Waals surface area contributed by atoms with Gasteiger partial charge in [0.2, 0.25) is 0 Å². The molecule has 2 aromatic rings. The first kappa shape index (κ1) is 13.4. The van der Waals surface area contributed by atoms with E-state index in [0.29, 0.717) is 17.7 Å². The van der Waals surface area contributed by atoms with E-state index in [4.69, 9.17) is 5.73 Å². The summed E-state index contributed by atoms with van der Waals surface area (Å²) in [4.78, 5) is 15.1. The molecule has 5 heteroatoms. The van der Waals surface area contributed by atoms with Crippen molar-refractivity contribution in [3.63, 3.8) is 0 Å². The molecule has 1 atom stereocenters. The standard InChI is InChI=1S/C14H19N3O2/c1-3-14(2,19)8-17-13(18)11-7-16-12-6-9(15)4-5-10(11)12/h4-7,16,19H,3,8,15H2,1-2H3,(H,17,18). The Kier molecular flexibility index (Phi) is 3.48. The van der Waals surface area contributed by atoms with Crippen LogP contribution in [0.5, 0.6) is 0 Å². The lowest BCUT2D eigenvalue weighted by atomic mass is 10.0. The first-order valence-electron chi connectivity index (χ1n) is 6.30. The Bertz CT molecular complexity index is 602. The Morgan fingerprint density at radius 2 is 2.26 bits per heavy atom. The molecule has 5 nitrogen and oxygen atoms in total. The van der Waals surface area contributed by atoms with Gasteiger partial charge in [-0.15, -0.1) is 0 Å². The lowest BCUT2D eigenvalue weighted by molar-refractivity contribution is 0.0519. The van der Waals surface area contributed by atoms with Crippen LogP contribution in [0.1, 0.15) is 30.6 Å².